The fourth-order valence-electron chi connectivity index (χ4n) is 3.05. The van der Waals surface area contributed by atoms with Crippen LogP contribution in [0.2, 0.25) is 0 Å². The minimum atomic E-state index is -1.33. The lowest BCUT2D eigenvalue weighted by molar-refractivity contribution is -0.150. The summed E-state index contributed by atoms with van der Waals surface area (Å²) in [6.45, 7) is 2.41. The van der Waals surface area contributed by atoms with E-state index in [-0.39, 0.29) is 5.91 Å². The Hall–Kier alpha value is -2.38. The molecule has 8 heteroatoms. The molecule has 1 saturated carbocycles. The second kappa shape index (κ2) is 5.36. The Morgan fingerprint density at radius 1 is 1.43 bits per heavy atom. The molecule has 2 heterocycles. The van der Waals surface area contributed by atoms with E-state index in [9.17, 15) is 19.5 Å². The summed E-state index contributed by atoms with van der Waals surface area (Å²) in [5.41, 5.74) is -0.518. The largest absolute Gasteiger partial charge is 0.480 e. The van der Waals surface area contributed by atoms with E-state index in [1.165, 1.54) is 0 Å². The smallest absolute Gasteiger partial charge is 0.319 e. The number of nitrogens with one attached hydrogen (secondary N) is 1. The van der Waals surface area contributed by atoms with Crippen LogP contribution in [0.15, 0.2) is 6.07 Å². The number of hydrogen-bond donors (Lipinski definition) is 2. The van der Waals surface area contributed by atoms with Gasteiger partial charge in [0.15, 0.2) is 0 Å². The van der Waals surface area contributed by atoms with Crippen molar-refractivity contribution in [2.24, 2.45) is 12.5 Å². The number of piperidine rings is 1. The first kappa shape index (κ1) is 15.5. The molecule has 1 aromatic heterocycles. The number of carbonyl (C=O) groups is 3. The minimum absolute atomic E-state index is 0.214. The average molecular weight is 320 g/mol. The van der Waals surface area contributed by atoms with E-state index in [2.05, 4.69) is 10.4 Å². The van der Waals surface area contributed by atoms with Gasteiger partial charge in [-0.25, -0.2) is 0 Å². The number of carbonyl (C=O) groups excluding carboxylic acids is 2. The van der Waals surface area contributed by atoms with Crippen LogP contribution in [0.4, 0.5) is 5.82 Å². The predicted octanol–water partition coefficient (Wildman–Crippen LogP) is 0.205. The highest BCUT2D eigenvalue weighted by molar-refractivity contribution is 6.07. The number of carboxylic acids is 1. The Bertz CT molecular complexity index is 677. The van der Waals surface area contributed by atoms with Crippen LogP contribution in [-0.2, 0) is 21.4 Å². The molecule has 2 aliphatic rings. The molecule has 2 N–H and O–H groups in total. The van der Waals surface area contributed by atoms with Crippen LogP contribution in [0.5, 0.6) is 0 Å². The second-order valence-corrected chi connectivity index (χ2v) is 6.31. The molecular formula is C15H20N4O4. The van der Waals surface area contributed by atoms with E-state index >= 15 is 0 Å². The van der Waals surface area contributed by atoms with Crippen molar-refractivity contribution in [3.05, 3.63) is 11.8 Å². The van der Waals surface area contributed by atoms with Crippen LogP contribution in [0.25, 0.3) is 0 Å². The van der Waals surface area contributed by atoms with Gasteiger partial charge in [0.1, 0.15) is 17.3 Å². The van der Waals surface area contributed by atoms with Crippen LogP contribution >= 0.6 is 0 Å². The number of carboxylic acid groups (broad SMARTS) is 1. The molecule has 0 bridgehead atoms. The number of hydrogen-bond acceptors (Lipinski definition) is 4. The van der Waals surface area contributed by atoms with Gasteiger partial charge in [-0.3, -0.25) is 24.0 Å². The molecule has 1 aromatic rings. The lowest BCUT2D eigenvalue weighted by Gasteiger charge is -2.32. The first-order valence-electron chi connectivity index (χ1n) is 7.71. The predicted molar refractivity (Wildman–Crippen MR) is 80.8 cm³/mol. The Labute approximate surface area is 133 Å². The van der Waals surface area contributed by atoms with E-state index in [1.54, 1.807) is 16.6 Å². The van der Waals surface area contributed by atoms with E-state index < -0.39 is 23.3 Å². The lowest BCUT2D eigenvalue weighted by Crippen LogP contribution is -2.54. The van der Waals surface area contributed by atoms with Crippen LogP contribution in [-0.4, -0.2) is 45.3 Å². The number of aromatic nitrogens is 2. The minimum Gasteiger partial charge on any atom is -0.480 e. The Morgan fingerprint density at radius 3 is 2.65 bits per heavy atom. The van der Waals surface area contributed by atoms with E-state index in [0.29, 0.717) is 31.6 Å². The highest BCUT2D eigenvalue weighted by atomic mass is 16.4. The molecule has 8 nitrogen and oxygen atoms in total. The van der Waals surface area contributed by atoms with Crippen LogP contribution < -0.4 is 10.2 Å². The first-order chi connectivity index (χ1) is 10.8. The summed E-state index contributed by atoms with van der Waals surface area (Å²) in [4.78, 5) is 37.7. The van der Waals surface area contributed by atoms with Gasteiger partial charge in [0, 0.05) is 19.7 Å². The number of aryl methyl sites for hydroxylation is 2. The third kappa shape index (κ3) is 2.58. The van der Waals surface area contributed by atoms with Gasteiger partial charge < -0.3 is 10.4 Å². The standard InChI is InChI=1S/C15H20N4O4/c1-9-8-11(18(2)17-9)19-7-3-4-10(12(19)20)16-13(21)15(5-6-15)14(22)23/h8,10H,3-7H2,1-2H3,(H,16,21)(H,22,23). The first-order valence-corrected chi connectivity index (χ1v) is 7.71. The molecule has 2 amide bonds. The molecule has 23 heavy (non-hydrogen) atoms. The molecule has 1 aliphatic carbocycles. The van der Waals surface area contributed by atoms with Gasteiger partial charge in [-0.2, -0.15) is 5.10 Å². The number of amides is 2. The van der Waals surface area contributed by atoms with Crippen molar-refractivity contribution in [3.8, 4) is 0 Å². The molecule has 0 radical (unpaired) electrons. The zero-order valence-corrected chi connectivity index (χ0v) is 13.2. The van der Waals surface area contributed by atoms with Crippen molar-refractivity contribution in [1.82, 2.24) is 15.1 Å². The topological polar surface area (TPSA) is 105 Å². The second-order valence-electron chi connectivity index (χ2n) is 6.31. The molecule has 0 aromatic carbocycles. The number of anilines is 1. The number of aliphatic carboxylic acids is 1. The summed E-state index contributed by atoms with van der Waals surface area (Å²) in [7, 11) is 1.77. The quantitative estimate of drug-likeness (QED) is 0.771. The summed E-state index contributed by atoms with van der Waals surface area (Å²) in [6, 6.07) is 1.14. The Balaban J connectivity index is 1.74. The summed E-state index contributed by atoms with van der Waals surface area (Å²) >= 11 is 0. The van der Waals surface area contributed by atoms with Crippen LogP contribution in [0, 0.1) is 12.3 Å². The summed E-state index contributed by atoms with van der Waals surface area (Å²) in [5, 5.41) is 16.0. The molecule has 1 saturated heterocycles. The molecule has 124 valence electrons. The van der Waals surface area contributed by atoms with Crippen molar-refractivity contribution in [2.75, 3.05) is 11.4 Å². The molecule has 3 rings (SSSR count). The van der Waals surface area contributed by atoms with Gasteiger partial charge in [0.2, 0.25) is 5.91 Å². The van der Waals surface area contributed by atoms with Crippen LogP contribution in [0.1, 0.15) is 31.4 Å². The van der Waals surface area contributed by atoms with E-state index in [1.807, 2.05) is 13.0 Å². The molecule has 1 unspecified atom stereocenters. The maximum atomic E-state index is 12.7. The molecule has 0 spiro atoms. The average Bonchev–Trinajstić information content (AvgIpc) is 3.23. The molecular weight excluding hydrogens is 300 g/mol. The Morgan fingerprint density at radius 2 is 2.13 bits per heavy atom. The number of nitrogens with zero attached hydrogens (tertiary/aromatic N) is 3. The van der Waals surface area contributed by atoms with Crippen molar-refractivity contribution in [3.63, 3.8) is 0 Å². The van der Waals surface area contributed by atoms with Crippen molar-refractivity contribution >= 4 is 23.6 Å². The van der Waals surface area contributed by atoms with Gasteiger partial charge >= 0.3 is 5.97 Å². The van der Waals surface area contributed by atoms with Crippen molar-refractivity contribution in [1.29, 1.82) is 0 Å². The van der Waals surface area contributed by atoms with E-state index in [4.69, 9.17) is 0 Å². The maximum Gasteiger partial charge on any atom is 0.319 e. The third-order valence-corrected chi connectivity index (χ3v) is 4.59. The Kier molecular flexibility index (Phi) is 3.62. The molecule has 1 atom stereocenters. The SMILES string of the molecule is Cc1cc(N2CCCC(NC(=O)C3(C(=O)O)CC3)C2=O)n(C)n1. The van der Waals surface area contributed by atoms with Crippen molar-refractivity contribution in [2.45, 2.75) is 38.6 Å². The fraction of sp³-hybridized carbons (Fsp3) is 0.600. The zero-order valence-electron chi connectivity index (χ0n) is 13.2. The lowest BCUT2D eigenvalue weighted by atomic mass is 10.0. The summed E-state index contributed by atoms with van der Waals surface area (Å²) in [6.07, 6.45) is 1.92. The number of rotatable bonds is 4. The van der Waals surface area contributed by atoms with Crippen LogP contribution in [0.3, 0.4) is 0 Å². The summed E-state index contributed by atoms with van der Waals surface area (Å²) in [5.74, 6) is -1.19. The fourth-order valence-corrected chi connectivity index (χ4v) is 3.05. The third-order valence-electron chi connectivity index (χ3n) is 4.59. The van der Waals surface area contributed by atoms with Gasteiger partial charge in [-0.05, 0) is 32.6 Å². The molecule has 1 aliphatic heterocycles. The van der Waals surface area contributed by atoms with Crippen molar-refractivity contribution < 1.29 is 19.5 Å². The normalized spacial score (nSPS) is 22.8. The van der Waals surface area contributed by atoms with Gasteiger partial charge in [-0.15, -0.1) is 0 Å². The highest BCUT2D eigenvalue weighted by Crippen LogP contribution is 2.46. The van der Waals surface area contributed by atoms with Gasteiger partial charge in [0.05, 0.1) is 5.69 Å². The van der Waals surface area contributed by atoms with E-state index in [0.717, 1.165) is 12.1 Å². The monoisotopic (exact) mass is 320 g/mol. The molecule has 2 fully saturated rings. The summed E-state index contributed by atoms with van der Waals surface area (Å²) < 4.78 is 1.64. The zero-order chi connectivity index (χ0) is 16.8. The maximum absolute atomic E-state index is 12.7. The highest BCUT2D eigenvalue weighted by Gasteiger charge is 2.57. The van der Waals surface area contributed by atoms with Gasteiger partial charge in [0.25, 0.3) is 5.91 Å². The van der Waals surface area contributed by atoms with Gasteiger partial charge in [-0.1, -0.05) is 0 Å².